The highest BCUT2D eigenvalue weighted by Crippen LogP contribution is 2.21. The van der Waals surface area contributed by atoms with E-state index in [9.17, 15) is 14.4 Å². The Hall–Kier alpha value is -2.63. The van der Waals surface area contributed by atoms with Crippen molar-refractivity contribution in [3.63, 3.8) is 0 Å². The summed E-state index contributed by atoms with van der Waals surface area (Å²) in [6, 6.07) is 9.18. The first kappa shape index (κ1) is 18.7. The van der Waals surface area contributed by atoms with E-state index < -0.39 is 18.0 Å². The minimum Gasteiger partial charge on any atom is -0.481 e. The van der Waals surface area contributed by atoms with Gasteiger partial charge in [0.2, 0.25) is 5.91 Å². The molecule has 6 nitrogen and oxygen atoms in total. The van der Waals surface area contributed by atoms with Crippen molar-refractivity contribution in [3.8, 4) is 0 Å². The van der Waals surface area contributed by atoms with Crippen LogP contribution in [0.1, 0.15) is 37.9 Å². The van der Waals surface area contributed by atoms with E-state index in [1.54, 1.807) is 19.1 Å². The predicted octanol–water partition coefficient (Wildman–Crippen LogP) is 2.46. The number of carboxylic acids is 1. The second kappa shape index (κ2) is 9.01. The molecule has 134 valence electrons. The van der Waals surface area contributed by atoms with Crippen LogP contribution in [0.4, 0.5) is 0 Å². The molecule has 0 radical (unpaired) electrons. The van der Waals surface area contributed by atoms with Gasteiger partial charge in [0.1, 0.15) is 6.10 Å². The maximum absolute atomic E-state index is 12.3. The third kappa shape index (κ3) is 5.74. The Morgan fingerprint density at radius 2 is 1.88 bits per heavy atom. The Bertz CT molecular complexity index is 640. The van der Waals surface area contributed by atoms with Gasteiger partial charge < -0.3 is 15.2 Å². The number of hydrogen-bond donors (Lipinski definition) is 2. The third-order valence-corrected chi connectivity index (χ3v) is 4.16. The third-order valence-electron chi connectivity index (χ3n) is 4.16. The predicted molar refractivity (Wildman–Crippen MR) is 91.6 cm³/mol. The zero-order valence-electron chi connectivity index (χ0n) is 14.2. The summed E-state index contributed by atoms with van der Waals surface area (Å²) in [6.07, 6.45) is 3.54. The standard InChI is InChI=1S/C19H23NO5/c1-13-7-5-6-10-15(11-17(21)22)18(23)20-12-16(25-19(13)24)14-8-3-2-4-9-14/h2-6,8-9,13,15-16H,7,10-12H2,1H3,(H,20,23)(H,21,22)/b6-5+/t13-,15-,16-/m0/s1. The van der Waals surface area contributed by atoms with Crippen molar-refractivity contribution >= 4 is 17.8 Å². The molecule has 1 aliphatic rings. The van der Waals surface area contributed by atoms with Crippen LogP contribution in [0, 0.1) is 11.8 Å². The minimum atomic E-state index is -1.01. The van der Waals surface area contributed by atoms with Gasteiger partial charge in [0.05, 0.1) is 24.8 Å². The molecule has 2 rings (SSSR count). The first-order valence-electron chi connectivity index (χ1n) is 8.37. The van der Waals surface area contributed by atoms with E-state index in [1.165, 1.54) is 0 Å². The molecule has 6 heteroatoms. The lowest BCUT2D eigenvalue weighted by Gasteiger charge is -2.23. The number of carboxylic acid groups (broad SMARTS) is 1. The normalized spacial score (nSPS) is 26.5. The van der Waals surface area contributed by atoms with Crippen LogP contribution in [0.15, 0.2) is 42.5 Å². The Morgan fingerprint density at radius 3 is 2.56 bits per heavy atom. The van der Waals surface area contributed by atoms with E-state index in [4.69, 9.17) is 9.84 Å². The zero-order valence-corrected chi connectivity index (χ0v) is 14.2. The molecule has 0 unspecified atom stereocenters. The number of aliphatic carboxylic acids is 1. The minimum absolute atomic E-state index is 0.112. The molecule has 25 heavy (non-hydrogen) atoms. The number of hydrogen-bond acceptors (Lipinski definition) is 4. The molecule has 0 bridgehead atoms. The average Bonchev–Trinajstić information content (AvgIpc) is 2.60. The lowest BCUT2D eigenvalue weighted by molar-refractivity contribution is -0.154. The van der Waals surface area contributed by atoms with Crippen LogP contribution in [-0.2, 0) is 19.1 Å². The zero-order chi connectivity index (χ0) is 18.2. The molecule has 3 atom stereocenters. The Balaban J connectivity index is 2.21. The molecule has 0 aromatic heterocycles. The molecule has 1 amide bonds. The van der Waals surface area contributed by atoms with Crippen LogP contribution < -0.4 is 5.32 Å². The molecule has 0 aliphatic carbocycles. The number of esters is 1. The van der Waals surface area contributed by atoms with Crippen molar-refractivity contribution in [1.82, 2.24) is 5.32 Å². The topological polar surface area (TPSA) is 92.7 Å². The highest BCUT2D eigenvalue weighted by molar-refractivity contribution is 5.83. The SMILES string of the molecule is C[C@H]1C/C=C/C[C@@H](CC(=O)O)C(=O)NC[C@@H](c2ccccc2)OC1=O. The number of allylic oxidation sites excluding steroid dienone is 2. The second-order valence-corrected chi connectivity index (χ2v) is 6.22. The monoisotopic (exact) mass is 345 g/mol. The van der Waals surface area contributed by atoms with Crippen LogP contribution >= 0.6 is 0 Å². The van der Waals surface area contributed by atoms with Gasteiger partial charge in [-0.05, 0) is 18.4 Å². The van der Waals surface area contributed by atoms with E-state index >= 15 is 0 Å². The molecule has 1 aromatic rings. The maximum atomic E-state index is 12.3. The summed E-state index contributed by atoms with van der Waals surface area (Å²) in [5.41, 5.74) is 0.783. The molecule has 2 N–H and O–H groups in total. The quantitative estimate of drug-likeness (QED) is 0.648. The summed E-state index contributed by atoms with van der Waals surface area (Å²) in [4.78, 5) is 35.6. The van der Waals surface area contributed by atoms with Gasteiger partial charge in [0, 0.05) is 0 Å². The largest absolute Gasteiger partial charge is 0.481 e. The van der Waals surface area contributed by atoms with Gasteiger partial charge >= 0.3 is 11.9 Å². The van der Waals surface area contributed by atoms with Gasteiger partial charge in [-0.2, -0.15) is 0 Å². The summed E-state index contributed by atoms with van der Waals surface area (Å²) < 4.78 is 5.58. The summed E-state index contributed by atoms with van der Waals surface area (Å²) in [6.45, 7) is 1.90. The Labute approximate surface area is 146 Å². The maximum Gasteiger partial charge on any atom is 0.309 e. The van der Waals surface area contributed by atoms with E-state index in [-0.39, 0.29) is 30.8 Å². The van der Waals surface area contributed by atoms with Crippen molar-refractivity contribution in [3.05, 3.63) is 48.0 Å². The summed E-state index contributed by atoms with van der Waals surface area (Å²) in [5.74, 6) is -2.64. The fourth-order valence-electron chi connectivity index (χ4n) is 2.64. The average molecular weight is 345 g/mol. The van der Waals surface area contributed by atoms with E-state index in [2.05, 4.69) is 5.32 Å². The van der Waals surface area contributed by atoms with E-state index in [1.807, 2.05) is 30.3 Å². The Kier molecular flexibility index (Phi) is 6.74. The summed E-state index contributed by atoms with van der Waals surface area (Å²) in [5, 5.41) is 11.7. The van der Waals surface area contributed by atoms with Gasteiger partial charge in [0.15, 0.2) is 0 Å². The molecule has 1 aliphatic heterocycles. The van der Waals surface area contributed by atoms with Gasteiger partial charge in [-0.15, -0.1) is 0 Å². The van der Waals surface area contributed by atoms with Crippen LogP contribution in [0.3, 0.4) is 0 Å². The number of cyclic esters (lactones) is 1. The summed E-state index contributed by atoms with van der Waals surface area (Å²) >= 11 is 0. The fraction of sp³-hybridized carbons (Fsp3) is 0.421. The van der Waals surface area contributed by atoms with Crippen molar-refractivity contribution in [1.29, 1.82) is 0 Å². The van der Waals surface area contributed by atoms with E-state index in [0.29, 0.717) is 12.8 Å². The Morgan fingerprint density at radius 1 is 1.20 bits per heavy atom. The number of carbonyl (C=O) groups excluding carboxylic acids is 2. The number of nitrogens with one attached hydrogen (secondary N) is 1. The van der Waals surface area contributed by atoms with Crippen molar-refractivity contribution in [2.75, 3.05) is 6.54 Å². The van der Waals surface area contributed by atoms with Crippen molar-refractivity contribution < 1.29 is 24.2 Å². The van der Waals surface area contributed by atoms with Crippen LogP contribution in [0.2, 0.25) is 0 Å². The molecule has 1 heterocycles. The van der Waals surface area contributed by atoms with Crippen molar-refractivity contribution in [2.24, 2.45) is 11.8 Å². The molecule has 0 saturated carbocycles. The number of amides is 1. The molecule has 0 spiro atoms. The number of rotatable bonds is 3. The first-order chi connectivity index (χ1) is 12.0. The highest BCUT2D eigenvalue weighted by atomic mass is 16.5. The summed E-state index contributed by atoms with van der Waals surface area (Å²) in [7, 11) is 0. The van der Waals surface area contributed by atoms with Crippen LogP contribution in [-0.4, -0.2) is 29.5 Å². The molecule has 0 saturated heterocycles. The lowest BCUT2D eigenvalue weighted by Crippen LogP contribution is -2.36. The second-order valence-electron chi connectivity index (χ2n) is 6.22. The molecule has 0 fully saturated rings. The van der Waals surface area contributed by atoms with Crippen LogP contribution in [0.25, 0.3) is 0 Å². The number of carbonyl (C=O) groups is 3. The van der Waals surface area contributed by atoms with Gasteiger partial charge in [0.25, 0.3) is 0 Å². The lowest BCUT2D eigenvalue weighted by atomic mass is 9.98. The number of benzene rings is 1. The molecular formula is C19H23NO5. The van der Waals surface area contributed by atoms with Gasteiger partial charge in [-0.25, -0.2) is 0 Å². The van der Waals surface area contributed by atoms with Crippen molar-refractivity contribution in [2.45, 2.75) is 32.3 Å². The first-order valence-corrected chi connectivity index (χ1v) is 8.37. The van der Waals surface area contributed by atoms with Gasteiger partial charge in [-0.1, -0.05) is 49.4 Å². The van der Waals surface area contributed by atoms with E-state index in [0.717, 1.165) is 5.56 Å². The molecular weight excluding hydrogens is 322 g/mol. The smallest absolute Gasteiger partial charge is 0.309 e. The highest BCUT2D eigenvalue weighted by Gasteiger charge is 2.25. The van der Waals surface area contributed by atoms with Crippen LogP contribution in [0.5, 0.6) is 0 Å². The van der Waals surface area contributed by atoms with Gasteiger partial charge in [-0.3, -0.25) is 14.4 Å². The fourth-order valence-corrected chi connectivity index (χ4v) is 2.64. The number of ether oxygens (including phenoxy) is 1. The molecule has 1 aromatic carbocycles.